The minimum Gasteiger partial charge on any atom is -0.482 e. The second-order valence-electron chi connectivity index (χ2n) is 6.26. The lowest BCUT2D eigenvalue weighted by atomic mass is 9.94. The monoisotopic (exact) mass is 390 g/mol. The van der Waals surface area contributed by atoms with Crippen LogP contribution in [-0.2, 0) is 4.79 Å². The van der Waals surface area contributed by atoms with Crippen molar-refractivity contribution in [3.05, 3.63) is 102 Å². The lowest BCUT2D eigenvalue weighted by Crippen LogP contribution is -2.09. The molecule has 3 nitrogen and oxygen atoms in total. The van der Waals surface area contributed by atoms with Crippen LogP contribution in [0.5, 0.6) is 5.75 Å². The van der Waals surface area contributed by atoms with E-state index in [0.29, 0.717) is 5.75 Å². The molecule has 0 amide bonds. The van der Waals surface area contributed by atoms with Crippen molar-refractivity contribution in [1.82, 2.24) is 0 Å². The molecule has 3 aromatic rings. The molecule has 0 aliphatic rings. The second kappa shape index (κ2) is 9.81. The first-order valence-corrected chi connectivity index (χ1v) is 10.0. The van der Waals surface area contributed by atoms with E-state index in [0.717, 1.165) is 10.6 Å². The SMILES string of the molecule is Cc1ccccc1C(=CCSc1ccc(OCC(=O)O)cc1)c1ccccc1. The van der Waals surface area contributed by atoms with Crippen LogP contribution in [-0.4, -0.2) is 23.4 Å². The highest BCUT2D eigenvalue weighted by atomic mass is 32.2. The van der Waals surface area contributed by atoms with Gasteiger partial charge in [0.2, 0.25) is 0 Å². The molecule has 0 aliphatic heterocycles. The quantitative estimate of drug-likeness (QED) is 0.503. The summed E-state index contributed by atoms with van der Waals surface area (Å²) in [6, 6.07) is 26.3. The number of rotatable bonds is 8. The van der Waals surface area contributed by atoms with Crippen LogP contribution in [0.3, 0.4) is 0 Å². The van der Waals surface area contributed by atoms with Gasteiger partial charge < -0.3 is 9.84 Å². The summed E-state index contributed by atoms with van der Waals surface area (Å²) in [5, 5.41) is 8.67. The van der Waals surface area contributed by atoms with Gasteiger partial charge in [-0.05, 0) is 53.5 Å². The molecule has 0 bridgehead atoms. The van der Waals surface area contributed by atoms with Gasteiger partial charge in [-0.15, -0.1) is 11.8 Å². The lowest BCUT2D eigenvalue weighted by molar-refractivity contribution is -0.139. The van der Waals surface area contributed by atoms with Gasteiger partial charge in [-0.3, -0.25) is 0 Å². The molecule has 0 saturated heterocycles. The van der Waals surface area contributed by atoms with E-state index in [1.54, 1.807) is 23.9 Å². The van der Waals surface area contributed by atoms with Gasteiger partial charge in [-0.1, -0.05) is 60.7 Å². The van der Waals surface area contributed by atoms with E-state index >= 15 is 0 Å². The summed E-state index contributed by atoms with van der Waals surface area (Å²) < 4.78 is 5.17. The molecule has 3 aromatic carbocycles. The van der Waals surface area contributed by atoms with Crippen molar-refractivity contribution in [1.29, 1.82) is 0 Å². The fourth-order valence-electron chi connectivity index (χ4n) is 2.87. The van der Waals surface area contributed by atoms with Crippen LogP contribution in [0.1, 0.15) is 16.7 Å². The van der Waals surface area contributed by atoms with E-state index in [1.165, 1.54) is 22.3 Å². The third kappa shape index (κ3) is 5.51. The largest absolute Gasteiger partial charge is 0.482 e. The molecule has 142 valence electrons. The normalized spacial score (nSPS) is 11.2. The molecule has 0 aromatic heterocycles. The molecule has 28 heavy (non-hydrogen) atoms. The number of hydrogen-bond donors (Lipinski definition) is 1. The Balaban J connectivity index is 1.74. The van der Waals surface area contributed by atoms with Crippen molar-refractivity contribution in [2.24, 2.45) is 0 Å². The summed E-state index contributed by atoms with van der Waals surface area (Å²) in [6.07, 6.45) is 2.26. The van der Waals surface area contributed by atoms with Crippen LogP contribution in [0.25, 0.3) is 5.57 Å². The Morgan fingerprint density at radius 3 is 2.32 bits per heavy atom. The van der Waals surface area contributed by atoms with Crippen molar-refractivity contribution in [3.8, 4) is 5.75 Å². The maximum atomic E-state index is 10.6. The van der Waals surface area contributed by atoms with Gasteiger partial charge in [0.15, 0.2) is 6.61 Å². The first kappa shape index (κ1) is 19.8. The number of carbonyl (C=O) groups is 1. The molecule has 3 rings (SSSR count). The fraction of sp³-hybridized carbons (Fsp3) is 0.125. The van der Waals surface area contributed by atoms with E-state index in [4.69, 9.17) is 9.84 Å². The van der Waals surface area contributed by atoms with Crippen molar-refractivity contribution in [2.75, 3.05) is 12.4 Å². The van der Waals surface area contributed by atoms with Gasteiger partial charge in [-0.25, -0.2) is 4.79 Å². The van der Waals surface area contributed by atoms with Gasteiger partial charge in [-0.2, -0.15) is 0 Å². The molecule has 0 fully saturated rings. The van der Waals surface area contributed by atoms with Gasteiger partial charge in [0.05, 0.1) is 0 Å². The zero-order valence-electron chi connectivity index (χ0n) is 15.7. The van der Waals surface area contributed by atoms with E-state index < -0.39 is 5.97 Å². The fourth-order valence-corrected chi connectivity index (χ4v) is 3.65. The highest BCUT2D eigenvalue weighted by Crippen LogP contribution is 2.28. The molecule has 0 spiro atoms. The maximum Gasteiger partial charge on any atom is 0.341 e. The number of carboxylic acid groups (broad SMARTS) is 1. The van der Waals surface area contributed by atoms with E-state index in [2.05, 4.69) is 61.5 Å². The summed E-state index contributed by atoms with van der Waals surface area (Å²) in [4.78, 5) is 11.7. The van der Waals surface area contributed by atoms with Crippen LogP contribution in [0.2, 0.25) is 0 Å². The Hall–Kier alpha value is -2.98. The molecule has 0 atom stereocenters. The smallest absolute Gasteiger partial charge is 0.341 e. The van der Waals surface area contributed by atoms with Crippen LogP contribution >= 0.6 is 11.8 Å². The van der Waals surface area contributed by atoms with Crippen LogP contribution < -0.4 is 4.74 Å². The maximum absolute atomic E-state index is 10.6. The van der Waals surface area contributed by atoms with Crippen molar-refractivity contribution >= 4 is 23.3 Å². The summed E-state index contributed by atoms with van der Waals surface area (Å²) in [6.45, 7) is 1.81. The Kier molecular flexibility index (Phi) is 6.93. The number of thioether (sulfide) groups is 1. The summed E-state index contributed by atoms with van der Waals surface area (Å²) in [5.41, 5.74) is 4.93. The van der Waals surface area contributed by atoms with Gasteiger partial charge >= 0.3 is 5.97 Å². The van der Waals surface area contributed by atoms with Crippen LogP contribution in [0.15, 0.2) is 89.8 Å². The highest BCUT2D eigenvalue weighted by molar-refractivity contribution is 7.99. The minimum atomic E-state index is -0.978. The average molecular weight is 391 g/mol. The van der Waals surface area contributed by atoms with Gasteiger partial charge in [0.25, 0.3) is 0 Å². The molecule has 0 heterocycles. The number of hydrogen-bond acceptors (Lipinski definition) is 3. The summed E-state index contributed by atoms with van der Waals surface area (Å²) in [7, 11) is 0. The van der Waals surface area contributed by atoms with Crippen molar-refractivity contribution in [3.63, 3.8) is 0 Å². The molecule has 0 saturated carbocycles. The Labute approximate surface area is 169 Å². The predicted octanol–water partition coefficient (Wildman–Crippen LogP) is 5.68. The Morgan fingerprint density at radius 1 is 0.964 bits per heavy atom. The Morgan fingerprint density at radius 2 is 1.64 bits per heavy atom. The molecule has 4 heteroatoms. The zero-order chi connectivity index (χ0) is 19.8. The third-order valence-electron chi connectivity index (χ3n) is 4.24. The van der Waals surface area contributed by atoms with E-state index in [-0.39, 0.29) is 6.61 Å². The zero-order valence-corrected chi connectivity index (χ0v) is 16.5. The second-order valence-corrected chi connectivity index (χ2v) is 7.36. The lowest BCUT2D eigenvalue weighted by Gasteiger charge is -2.12. The first-order valence-electron chi connectivity index (χ1n) is 9.02. The van der Waals surface area contributed by atoms with Crippen LogP contribution in [0.4, 0.5) is 0 Å². The topological polar surface area (TPSA) is 46.5 Å². The minimum absolute atomic E-state index is 0.327. The number of carboxylic acids is 1. The van der Waals surface area contributed by atoms with Crippen LogP contribution in [0, 0.1) is 6.92 Å². The number of aliphatic carboxylic acids is 1. The van der Waals surface area contributed by atoms with E-state index in [9.17, 15) is 4.79 Å². The average Bonchev–Trinajstić information content (AvgIpc) is 2.72. The molecule has 0 aliphatic carbocycles. The highest BCUT2D eigenvalue weighted by Gasteiger charge is 2.07. The number of aryl methyl sites for hydroxylation is 1. The standard InChI is InChI=1S/C24H22O3S/c1-18-7-5-6-10-22(18)23(19-8-3-2-4-9-19)15-16-28-21-13-11-20(12-14-21)27-17-24(25)26/h2-15H,16-17H2,1H3,(H,25,26). The molecule has 0 radical (unpaired) electrons. The first-order chi connectivity index (χ1) is 13.6. The third-order valence-corrected chi connectivity index (χ3v) is 5.18. The summed E-state index contributed by atoms with van der Waals surface area (Å²) >= 11 is 1.73. The Bertz CT molecular complexity index is 947. The molecular weight excluding hydrogens is 368 g/mol. The molecule has 0 unspecified atom stereocenters. The molecule has 1 N–H and O–H groups in total. The van der Waals surface area contributed by atoms with E-state index in [1.807, 2.05) is 18.2 Å². The predicted molar refractivity (Wildman–Crippen MR) is 115 cm³/mol. The van der Waals surface area contributed by atoms with Gasteiger partial charge in [0.1, 0.15) is 5.75 Å². The number of ether oxygens (including phenoxy) is 1. The summed E-state index contributed by atoms with van der Waals surface area (Å²) in [5.74, 6) is 0.411. The molecular formula is C24H22O3S. The van der Waals surface area contributed by atoms with Crippen molar-refractivity contribution < 1.29 is 14.6 Å². The van der Waals surface area contributed by atoms with Crippen molar-refractivity contribution in [2.45, 2.75) is 11.8 Å². The number of benzene rings is 3. The van der Waals surface area contributed by atoms with Gasteiger partial charge in [0, 0.05) is 10.6 Å².